The van der Waals surface area contributed by atoms with Gasteiger partial charge in [0.05, 0.1) is 0 Å². The Morgan fingerprint density at radius 3 is 2.65 bits per heavy atom. The van der Waals surface area contributed by atoms with Gasteiger partial charge in [0.15, 0.2) is 5.78 Å². The summed E-state index contributed by atoms with van der Waals surface area (Å²) in [5.74, 6) is 1.20. The predicted octanol–water partition coefficient (Wildman–Crippen LogP) is 3.86. The van der Waals surface area contributed by atoms with Gasteiger partial charge < -0.3 is 4.42 Å². The molecule has 1 aromatic heterocycles. The van der Waals surface area contributed by atoms with Crippen LogP contribution in [0.5, 0.6) is 0 Å². The minimum Gasteiger partial charge on any atom is -0.460 e. The zero-order valence-corrected chi connectivity index (χ0v) is 10.5. The van der Waals surface area contributed by atoms with Crippen LogP contribution in [-0.4, -0.2) is 5.78 Å². The molecule has 2 aromatic rings. The SMILES string of the molecule is CC(C)(C)c1cc2c3c(ccc2o1)CCC3=O. The van der Waals surface area contributed by atoms with Crippen molar-refractivity contribution in [1.82, 2.24) is 0 Å². The van der Waals surface area contributed by atoms with E-state index in [2.05, 4.69) is 20.8 Å². The van der Waals surface area contributed by atoms with E-state index in [1.165, 1.54) is 5.56 Å². The molecule has 1 aliphatic carbocycles. The molecule has 0 unspecified atom stereocenters. The third kappa shape index (κ3) is 1.51. The molecule has 0 bridgehead atoms. The van der Waals surface area contributed by atoms with Crippen LogP contribution in [0, 0.1) is 0 Å². The number of Topliss-reactive ketones (excluding diaryl/α,β-unsaturated/α-hetero) is 1. The highest BCUT2D eigenvalue weighted by molar-refractivity contribution is 6.10. The van der Waals surface area contributed by atoms with Crippen molar-refractivity contribution >= 4 is 16.8 Å². The molecule has 1 heterocycles. The Hall–Kier alpha value is -1.57. The van der Waals surface area contributed by atoms with Crippen molar-refractivity contribution < 1.29 is 9.21 Å². The second-order valence-corrected chi connectivity index (χ2v) is 5.80. The minimum atomic E-state index is -0.0203. The number of hydrogen-bond acceptors (Lipinski definition) is 2. The molecule has 88 valence electrons. The summed E-state index contributed by atoms with van der Waals surface area (Å²) in [6, 6.07) is 6.05. The van der Waals surface area contributed by atoms with Crippen molar-refractivity contribution in [2.75, 3.05) is 0 Å². The fourth-order valence-corrected chi connectivity index (χ4v) is 2.44. The average molecular weight is 228 g/mol. The van der Waals surface area contributed by atoms with Crippen molar-refractivity contribution in [3.05, 3.63) is 35.1 Å². The Morgan fingerprint density at radius 2 is 1.94 bits per heavy atom. The number of furan rings is 1. The molecule has 0 amide bonds. The second kappa shape index (κ2) is 3.22. The van der Waals surface area contributed by atoms with E-state index < -0.39 is 0 Å². The van der Waals surface area contributed by atoms with Gasteiger partial charge in [-0.2, -0.15) is 0 Å². The highest BCUT2D eigenvalue weighted by Crippen LogP contribution is 2.35. The number of benzene rings is 1. The van der Waals surface area contributed by atoms with Crippen molar-refractivity contribution in [3.8, 4) is 0 Å². The first-order valence-corrected chi connectivity index (χ1v) is 6.06. The molecule has 0 saturated heterocycles. The van der Waals surface area contributed by atoms with Gasteiger partial charge in [-0.25, -0.2) is 0 Å². The van der Waals surface area contributed by atoms with Gasteiger partial charge in [-0.1, -0.05) is 26.8 Å². The summed E-state index contributed by atoms with van der Waals surface area (Å²) in [7, 11) is 0. The standard InChI is InChI=1S/C15H16O2/c1-15(2,3)13-8-10-12(17-13)7-5-9-4-6-11(16)14(9)10/h5,7-8H,4,6H2,1-3H3. The third-order valence-corrected chi connectivity index (χ3v) is 3.43. The smallest absolute Gasteiger partial charge is 0.164 e. The van der Waals surface area contributed by atoms with E-state index in [0.29, 0.717) is 6.42 Å². The number of hydrogen-bond donors (Lipinski definition) is 0. The Labute approximate surface area is 101 Å². The lowest BCUT2D eigenvalue weighted by molar-refractivity contribution is 0.0996. The average Bonchev–Trinajstić information content (AvgIpc) is 2.80. The fraction of sp³-hybridized carbons (Fsp3) is 0.400. The maximum Gasteiger partial charge on any atom is 0.164 e. The number of carbonyl (C=O) groups excluding carboxylic acids is 1. The topological polar surface area (TPSA) is 30.2 Å². The van der Waals surface area contributed by atoms with Crippen LogP contribution in [0.25, 0.3) is 11.0 Å². The maximum atomic E-state index is 11.9. The molecule has 0 atom stereocenters. The summed E-state index contributed by atoms with van der Waals surface area (Å²) in [5, 5.41) is 0.995. The van der Waals surface area contributed by atoms with Crippen LogP contribution in [0.1, 0.15) is 48.9 Å². The molecule has 0 saturated carbocycles. The first-order valence-electron chi connectivity index (χ1n) is 6.06. The molecule has 2 nitrogen and oxygen atoms in total. The molecule has 17 heavy (non-hydrogen) atoms. The molecular formula is C15H16O2. The zero-order chi connectivity index (χ0) is 12.2. The van der Waals surface area contributed by atoms with Crippen LogP contribution in [-0.2, 0) is 11.8 Å². The number of fused-ring (bicyclic) bond motifs is 3. The highest BCUT2D eigenvalue weighted by Gasteiger charge is 2.26. The van der Waals surface area contributed by atoms with Gasteiger partial charge in [-0.3, -0.25) is 4.79 Å². The van der Waals surface area contributed by atoms with Crippen LogP contribution in [0.4, 0.5) is 0 Å². The van der Waals surface area contributed by atoms with Crippen LogP contribution in [0.2, 0.25) is 0 Å². The summed E-state index contributed by atoms with van der Waals surface area (Å²) in [6.07, 6.45) is 1.52. The molecule has 1 aromatic carbocycles. The van der Waals surface area contributed by atoms with Gasteiger partial charge in [0, 0.05) is 22.8 Å². The molecule has 1 aliphatic rings. The quantitative estimate of drug-likeness (QED) is 0.685. The van der Waals surface area contributed by atoms with Crippen LogP contribution in [0.15, 0.2) is 22.6 Å². The summed E-state index contributed by atoms with van der Waals surface area (Å²) in [5.41, 5.74) is 2.88. The van der Waals surface area contributed by atoms with E-state index in [0.717, 1.165) is 28.7 Å². The summed E-state index contributed by atoms with van der Waals surface area (Å²) in [4.78, 5) is 11.9. The zero-order valence-electron chi connectivity index (χ0n) is 10.5. The molecular weight excluding hydrogens is 212 g/mol. The van der Waals surface area contributed by atoms with E-state index in [-0.39, 0.29) is 11.2 Å². The first kappa shape index (κ1) is 10.6. The van der Waals surface area contributed by atoms with Gasteiger partial charge in [-0.15, -0.1) is 0 Å². The van der Waals surface area contributed by atoms with Gasteiger partial charge in [0.25, 0.3) is 0 Å². The van der Waals surface area contributed by atoms with Gasteiger partial charge in [-0.05, 0) is 24.1 Å². The van der Waals surface area contributed by atoms with Gasteiger partial charge in [0.1, 0.15) is 11.3 Å². The number of aryl methyl sites for hydroxylation is 1. The van der Waals surface area contributed by atoms with E-state index in [1.807, 2.05) is 18.2 Å². The van der Waals surface area contributed by atoms with Crippen molar-refractivity contribution in [3.63, 3.8) is 0 Å². The molecule has 0 aliphatic heterocycles. The maximum absolute atomic E-state index is 11.9. The predicted molar refractivity (Wildman–Crippen MR) is 67.6 cm³/mol. The number of ketones is 1. The second-order valence-electron chi connectivity index (χ2n) is 5.80. The lowest BCUT2D eigenvalue weighted by Gasteiger charge is -2.13. The molecule has 0 N–H and O–H groups in total. The lowest BCUT2D eigenvalue weighted by Crippen LogP contribution is -2.08. The Kier molecular flexibility index (Phi) is 2.00. The van der Waals surface area contributed by atoms with Crippen LogP contribution in [0.3, 0.4) is 0 Å². The summed E-state index contributed by atoms with van der Waals surface area (Å²) >= 11 is 0. The van der Waals surface area contributed by atoms with Crippen molar-refractivity contribution in [2.45, 2.75) is 39.0 Å². The summed E-state index contributed by atoms with van der Waals surface area (Å²) in [6.45, 7) is 6.35. The van der Waals surface area contributed by atoms with E-state index in [4.69, 9.17) is 4.42 Å². The van der Waals surface area contributed by atoms with Gasteiger partial charge in [0.2, 0.25) is 0 Å². The molecule has 2 heteroatoms. The third-order valence-electron chi connectivity index (χ3n) is 3.43. The molecule has 0 fully saturated rings. The normalized spacial score (nSPS) is 15.6. The van der Waals surface area contributed by atoms with E-state index >= 15 is 0 Å². The van der Waals surface area contributed by atoms with E-state index in [9.17, 15) is 4.79 Å². The minimum absolute atomic E-state index is 0.0203. The monoisotopic (exact) mass is 228 g/mol. The Balaban J connectivity index is 2.31. The lowest BCUT2D eigenvalue weighted by atomic mass is 9.93. The van der Waals surface area contributed by atoms with Crippen LogP contribution >= 0.6 is 0 Å². The van der Waals surface area contributed by atoms with Crippen molar-refractivity contribution in [1.29, 1.82) is 0 Å². The number of carbonyl (C=O) groups is 1. The first-order chi connectivity index (χ1) is 7.97. The summed E-state index contributed by atoms with van der Waals surface area (Å²) < 4.78 is 5.85. The van der Waals surface area contributed by atoms with E-state index in [1.54, 1.807) is 0 Å². The molecule has 0 spiro atoms. The largest absolute Gasteiger partial charge is 0.460 e. The Morgan fingerprint density at radius 1 is 1.18 bits per heavy atom. The molecule has 0 radical (unpaired) electrons. The molecule has 3 rings (SSSR count). The van der Waals surface area contributed by atoms with Crippen LogP contribution < -0.4 is 0 Å². The Bertz CT molecular complexity index is 612. The fourth-order valence-electron chi connectivity index (χ4n) is 2.44. The number of rotatable bonds is 0. The van der Waals surface area contributed by atoms with Crippen molar-refractivity contribution in [2.24, 2.45) is 0 Å². The highest BCUT2D eigenvalue weighted by atomic mass is 16.3. The van der Waals surface area contributed by atoms with Gasteiger partial charge >= 0.3 is 0 Å².